The van der Waals surface area contributed by atoms with E-state index in [1.807, 2.05) is 4.68 Å². The number of hydrogen-bond donors (Lipinski definition) is 2. The summed E-state index contributed by atoms with van der Waals surface area (Å²) in [6, 6.07) is 1.06. The molecule has 1 aliphatic heterocycles. The van der Waals surface area contributed by atoms with E-state index < -0.39 is 0 Å². The molecule has 1 atom stereocenters. The molecule has 2 N–H and O–H groups in total. The van der Waals surface area contributed by atoms with Gasteiger partial charge in [-0.2, -0.15) is 5.10 Å². The number of hydrogen-bond acceptors (Lipinski definition) is 5. The fourth-order valence-electron chi connectivity index (χ4n) is 4.21. The van der Waals surface area contributed by atoms with Gasteiger partial charge in [0.25, 0.3) is 0 Å². The third kappa shape index (κ3) is 7.36. The second-order valence-electron chi connectivity index (χ2n) is 7.97. The fourth-order valence-corrected chi connectivity index (χ4v) is 4.21. The van der Waals surface area contributed by atoms with Gasteiger partial charge < -0.3 is 20.3 Å². The summed E-state index contributed by atoms with van der Waals surface area (Å²) in [5.41, 5.74) is 0. The number of aryl methyl sites for hydroxylation is 1. The van der Waals surface area contributed by atoms with Crippen molar-refractivity contribution in [3.05, 3.63) is 11.6 Å². The molecule has 9 heteroatoms. The monoisotopic (exact) mass is 519 g/mol. The molecule has 8 nitrogen and oxygen atoms in total. The molecule has 2 aliphatic rings. The summed E-state index contributed by atoms with van der Waals surface area (Å²) in [5.74, 6) is 2.73. The van der Waals surface area contributed by atoms with Crippen LogP contribution in [0.1, 0.15) is 57.1 Å². The smallest absolute Gasteiger partial charge is 0.191 e. The zero-order chi connectivity index (χ0) is 19.8. The molecular weight excluding hydrogens is 481 g/mol. The quantitative estimate of drug-likeness (QED) is 0.312. The number of halogens is 1. The van der Waals surface area contributed by atoms with E-state index >= 15 is 0 Å². The van der Waals surface area contributed by atoms with Gasteiger partial charge in [-0.3, -0.25) is 4.99 Å². The number of ether oxygens (including phenoxy) is 1. The number of likely N-dealkylation sites (N-methyl/N-ethyl adjacent to an activating group) is 1. The highest BCUT2D eigenvalue weighted by Gasteiger charge is 2.22. The summed E-state index contributed by atoms with van der Waals surface area (Å²) in [6.45, 7) is 6.10. The molecule has 1 aliphatic carbocycles. The van der Waals surface area contributed by atoms with Crippen LogP contribution >= 0.6 is 24.0 Å². The average Bonchev–Trinajstić information content (AvgIpc) is 3.10. The van der Waals surface area contributed by atoms with Crippen molar-refractivity contribution in [2.45, 2.75) is 77.1 Å². The number of rotatable bonds is 8. The number of nitrogens with one attached hydrogen (secondary N) is 2. The number of fused-ring (bicyclic) bond motifs is 1. The van der Waals surface area contributed by atoms with Gasteiger partial charge in [-0.1, -0.05) is 19.3 Å². The van der Waals surface area contributed by atoms with Gasteiger partial charge in [0.05, 0.1) is 13.1 Å². The van der Waals surface area contributed by atoms with Crippen molar-refractivity contribution in [3.63, 3.8) is 0 Å². The van der Waals surface area contributed by atoms with Gasteiger partial charge in [-0.15, -0.1) is 24.0 Å². The van der Waals surface area contributed by atoms with E-state index in [0.717, 1.165) is 62.7 Å². The molecule has 0 saturated heterocycles. The second kappa shape index (κ2) is 12.7. The number of aromatic nitrogens is 3. The number of nitrogens with zero attached hydrogens (tertiary/aromatic N) is 5. The van der Waals surface area contributed by atoms with Crippen molar-refractivity contribution in [2.24, 2.45) is 4.99 Å². The van der Waals surface area contributed by atoms with Crippen LogP contribution in [0.15, 0.2) is 4.99 Å². The van der Waals surface area contributed by atoms with Crippen LogP contribution in [0.5, 0.6) is 0 Å². The van der Waals surface area contributed by atoms with E-state index in [9.17, 15) is 0 Å². The van der Waals surface area contributed by atoms with Gasteiger partial charge >= 0.3 is 0 Å². The Kier molecular flexibility index (Phi) is 10.6. The molecule has 166 valence electrons. The Balaban J connectivity index is 0.00000300. The highest BCUT2D eigenvalue weighted by molar-refractivity contribution is 14.0. The Morgan fingerprint density at radius 3 is 2.79 bits per heavy atom. The molecule has 1 fully saturated rings. The lowest BCUT2D eigenvalue weighted by Crippen LogP contribution is -2.47. The summed E-state index contributed by atoms with van der Waals surface area (Å²) < 4.78 is 7.16. The molecule has 1 aromatic heterocycles. The summed E-state index contributed by atoms with van der Waals surface area (Å²) in [7, 11) is 3.92. The lowest BCUT2D eigenvalue weighted by Gasteiger charge is -2.30. The maximum atomic E-state index is 5.15. The van der Waals surface area contributed by atoms with Crippen molar-refractivity contribution in [3.8, 4) is 0 Å². The van der Waals surface area contributed by atoms with Crippen molar-refractivity contribution >= 4 is 29.9 Å². The Bertz CT molecular complexity index is 630. The average molecular weight is 519 g/mol. The van der Waals surface area contributed by atoms with Crippen LogP contribution in [0.4, 0.5) is 0 Å². The van der Waals surface area contributed by atoms with E-state index in [1.54, 1.807) is 7.11 Å². The molecule has 0 radical (unpaired) electrons. The first-order chi connectivity index (χ1) is 13.7. The molecule has 0 aromatic carbocycles. The summed E-state index contributed by atoms with van der Waals surface area (Å²) >= 11 is 0. The number of aliphatic imine (C=N–C) groups is 1. The topological polar surface area (TPSA) is 79.6 Å². The molecule has 2 heterocycles. The summed E-state index contributed by atoms with van der Waals surface area (Å²) in [4.78, 5) is 11.9. The maximum Gasteiger partial charge on any atom is 0.191 e. The Labute approximate surface area is 192 Å². The van der Waals surface area contributed by atoms with Gasteiger partial charge in [0.15, 0.2) is 11.8 Å². The minimum atomic E-state index is 0. The molecule has 3 rings (SSSR count). The minimum Gasteiger partial charge on any atom is -0.377 e. The molecule has 1 aromatic rings. The second-order valence-corrected chi connectivity index (χ2v) is 7.97. The zero-order valence-corrected chi connectivity index (χ0v) is 20.5. The molecule has 1 saturated carbocycles. The molecule has 0 bridgehead atoms. The lowest BCUT2D eigenvalue weighted by molar-refractivity contribution is 0.177. The maximum absolute atomic E-state index is 5.15. The predicted molar refractivity (Wildman–Crippen MR) is 127 cm³/mol. The van der Waals surface area contributed by atoms with E-state index in [2.05, 4.69) is 39.6 Å². The zero-order valence-electron chi connectivity index (χ0n) is 18.2. The van der Waals surface area contributed by atoms with E-state index in [1.165, 1.54) is 32.1 Å². The standard InChI is InChI=1S/C20H37N7O.HI/c1-4-21-20(22-12-13-26(2)17-8-6-5-7-9-17)23-16-10-11-19-24-18(15-28-3)25-27(19)14-16;/h16-17H,4-15H2,1-3H3,(H2,21,22,23);1H. The summed E-state index contributed by atoms with van der Waals surface area (Å²) in [6.07, 6.45) is 8.80. The number of methoxy groups -OCH3 is 1. The van der Waals surface area contributed by atoms with Crippen LogP contribution in [0.3, 0.4) is 0 Å². The van der Waals surface area contributed by atoms with Gasteiger partial charge in [0, 0.05) is 38.7 Å². The lowest BCUT2D eigenvalue weighted by atomic mass is 9.94. The predicted octanol–water partition coefficient (Wildman–Crippen LogP) is 2.18. The largest absolute Gasteiger partial charge is 0.377 e. The van der Waals surface area contributed by atoms with Crippen LogP contribution in [0, 0.1) is 0 Å². The minimum absolute atomic E-state index is 0. The first kappa shape index (κ1) is 24.3. The van der Waals surface area contributed by atoms with E-state index in [-0.39, 0.29) is 24.0 Å². The third-order valence-corrected chi connectivity index (χ3v) is 5.78. The van der Waals surface area contributed by atoms with Crippen LogP contribution < -0.4 is 10.6 Å². The van der Waals surface area contributed by atoms with E-state index in [0.29, 0.717) is 12.6 Å². The Morgan fingerprint density at radius 1 is 1.28 bits per heavy atom. The van der Waals surface area contributed by atoms with Crippen molar-refractivity contribution < 1.29 is 4.74 Å². The van der Waals surface area contributed by atoms with Crippen LogP contribution in [0.2, 0.25) is 0 Å². The highest BCUT2D eigenvalue weighted by Crippen LogP contribution is 2.21. The molecule has 0 spiro atoms. The van der Waals surface area contributed by atoms with Crippen LogP contribution in [-0.4, -0.2) is 71.5 Å². The molecular formula is C20H38IN7O. The van der Waals surface area contributed by atoms with Gasteiger partial charge in [-0.05, 0) is 33.2 Å². The van der Waals surface area contributed by atoms with Gasteiger partial charge in [0.1, 0.15) is 12.4 Å². The number of guanidine groups is 1. The van der Waals surface area contributed by atoms with Crippen molar-refractivity contribution in [1.29, 1.82) is 0 Å². The first-order valence-corrected chi connectivity index (χ1v) is 10.9. The van der Waals surface area contributed by atoms with E-state index in [4.69, 9.17) is 9.73 Å². The Morgan fingerprint density at radius 2 is 2.07 bits per heavy atom. The highest BCUT2D eigenvalue weighted by atomic mass is 127. The fraction of sp³-hybridized carbons (Fsp3) is 0.850. The molecule has 29 heavy (non-hydrogen) atoms. The SMILES string of the molecule is CCNC(=NCCN(C)C1CCCCC1)NC1CCc2nc(COC)nn2C1.I. The van der Waals surface area contributed by atoms with Gasteiger partial charge in [-0.25, -0.2) is 9.67 Å². The first-order valence-electron chi connectivity index (χ1n) is 10.9. The van der Waals surface area contributed by atoms with Crippen LogP contribution in [0.25, 0.3) is 0 Å². The van der Waals surface area contributed by atoms with Gasteiger partial charge in [0.2, 0.25) is 0 Å². The summed E-state index contributed by atoms with van der Waals surface area (Å²) in [5, 5.41) is 11.5. The van der Waals surface area contributed by atoms with Crippen molar-refractivity contribution in [1.82, 2.24) is 30.3 Å². The third-order valence-electron chi connectivity index (χ3n) is 5.78. The van der Waals surface area contributed by atoms with Crippen LogP contribution in [-0.2, 0) is 24.3 Å². The molecule has 1 unspecified atom stereocenters. The van der Waals surface area contributed by atoms with Crippen molar-refractivity contribution in [2.75, 3.05) is 33.8 Å². The molecule has 0 amide bonds. The normalized spacial score (nSPS) is 20.3. The Hall–Kier alpha value is -0.940.